The van der Waals surface area contributed by atoms with Gasteiger partial charge in [0.05, 0.1) is 5.92 Å². The van der Waals surface area contributed by atoms with Crippen LogP contribution < -0.4 is 0 Å². The Labute approximate surface area is 65.6 Å². The molecular weight excluding hydrogens is 140 g/mol. The number of Topliss-reactive ketones (excluding diaryl/α,β-unsaturated/α-hetero) is 1. The molecule has 0 aliphatic heterocycles. The average molecular weight is 150 g/mol. The Hall–Kier alpha value is -1.18. The zero-order valence-corrected chi connectivity index (χ0v) is 6.63. The predicted molar refractivity (Wildman–Crippen MR) is 42.1 cm³/mol. The van der Waals surface area contributed by atoms with Crippen molar-refractivity contribution in [3.63, 3.8) is 0 Å². The molecule has 0 fully saturated rings. The van der Waals surface area contributed by atoms with Gasteiger partial charge >= 0.3 is 0 Å². The van der Waals surface area contributed by atoms with Crippen LogP contribution in [0.5, 0.6) is 0 Å². The van der Waals surface area contributed by atoms with Gasteiger partial charge in [-0.2, -0.15) is 0 Å². The topological polar surface area (TPSA) is 34.1 Å². The van der Waals surface area contributed by atoms with E-state index in [1.54, 1.807) is 12.2 Å². The van der Waals surface area contributed by atoms with Crippen molar-refractivity contribution >= 4 is 11.6 Å². The monoisotopic (exact) mass is 150 g/mol. The second-order valence-corrected chi connectivity index (χ2v) is 2.73. The first-order valence-corrected chi connectivity index (χ1v) is 3.52. The molecule has 0 saturated carbocycles. The standard InChI is InChI=1S/C9H10O2/c1-6-3-4-9(11)8(5-6)7(2)10/h3-5,8H,1-2H3. The summed E-state index contributed by atoms with van der Waals surface area (Å²) in [6.45, 7) is 3.31. The SMILES string of the molecule is CC(=O)C1C=C(C)C=CC1=O. The summed E-state index contributed by atoms with van der Waals surface area (Å²) in [5.41, 5.74) is 0.977. The van der Waals surface area contributed by atoms with Crippen molar-refractivity contribution in [2.24, 2.45) is 5.92 Å². The molecule has 0 aromatic rings. The van der Waals surface area contributed by atoms with E-state index in [9.17, 15) is 9.59 Å². The first-order chi connectivity index (χ1) is 5.11. The van der Waals surface area contributed by atoms with E-state index in [2.05, 4.69) is 0 Å². The number of carbonyl (C=O) groups is 2. The highest BCUT2D eigenvalue weighted by Crippen LogP contribution is 2.13. The predicted octanol–water partition coefficient (Wildman–Crippen LogP) is 1.28. The lowest BCUT2D eigenvalue weighted by Gasteiger charge is -2.09. The van der Waals surface area contributed by atoms with Crippen LogP contribution in [0.2, 0.25) is 0 Å². The van der Waals surface area contributed by atoms with Crippen LogP contribution in [0.3, 0.4) is 0 Å². The van der Waals surface area contributed by atoms with Gasteiger partial charge in [0.1, 0.15) is 5.78 Å². The highest BCUT2D eigenvalue weighted by molar-refractivity contribution is 6.09. The normalized spacial score (nSPS) is 23.3. The van der Waals surface area contributed by atoms with Gasteiger partial charge in [-0.05, 0) is 19.9 Å². The van der Waals surface area contributed by atoms with E-state index >= 15 is 0 Å². The van der Waals surface area contributed by atoms with E-state index in [1.165, 1.54) is 13.0 Å². The smallest absolute Gasteiger partial charge is 0.169 e. The van der Waals surface area contributed by atoms with Crippen molar-refractivity contribution in [1.29, 1.82) is 0 Å². The van der Waals surface area contributed by atoms with Gasteiger partial charge < -0.3 is 0 Å². The summed E-state index contributed by atoms with van der Waals surface area (Å²) in [5, 5.41) is 0. The van der Waals surface area contributed by atoms with Crippen LogP contribution in [0.4, 0.5) is 0 Å². The van der Waals surface area contributed by atoms with E-state index in [4.69, 9.17) is 0 Å². The molecule has 1 unspecified atom stereocenters. The average Bonchev–Trinajstić information content (AvgIpc) is 1.94. The van der Waals surface area contributed by atoms with Crippen LogP contribution in [-0.2, 0) is 9.59 Å². The van der Waals surface area contributed by atoms with E-state index < -0.39 is 5.92 Å². The number of ketones is 2. The fourth-order valence-corrected chi connectivity index (χ4v) is 1.04. The van der Waals surface area contributed by atoms with Gasteiger partial charge in [-0.15, -0.1) is 0 Å². The first-order valence-electron chi connectivity index (χ1n) is 3.52. The van der Waals surface area contributed by atoms with Gasteiger partial charge in [-0.1, -0.05) is 17.7 Å². The van der Waals surface area contributed by atoms with Crippen LogP contribution in [0.25, 0.3) is 0 Å². The summed E-state index contributed by atoms with van der Waals surface area (Å²) in [6.07, 6.45) is 4.88. The highest BCUT2D eigenvalue weighted by atomic mass is 16.1. The number of hydrogen-bond donors (Lipinski definition) is 0. The molecule has 0 radical (unpaired) electrons. The maximum atomic E-state index is 11.0. The fourth-order valence-electron chi connectivity index (χ4n) is 1.04. The number of hydrogen-bond acceptors (Lipinski definition) is 2. The molecule has 0 bridgehead atoms. The number of allylic oxidation sites excluding steroid dienone is 4. The van der Waals surface area contributed by atoms with Crippen molar-refractivity contribution in [2.75, 3.05) is 0 Å². The molecule has 1 aliphatic carbocycles. The first kappa shape index (κ1) is 7.92. The molecule has 58 valence electrons. The zero-order valence-electron chi connectivity index (χ0n) is 6.63. The largest absolute Gasteiger partial charge is 0.299 e. The third-order valence-corrected chi connectivity index (χ3v) is 1.68. The van der Waals surface area contributed by atoms with E-state index in [1.807, 2.05) is 6.92 Å². The van der Waals surface area contributed by atoms with Crippen molar-refractivity contribution < 1.29 is 9.59 Å². The van der Waals surface area contributed by atoms with Crippen LogP contribution in [0.15, 0.2) is 23.8 Å². The van der Waals surface area contributed by atoms with Gasteiger partial charge in [0.25, 0.3) is 0 Å². The molecule has 2 nitrogen and oxygen atoms in total. The Bertz CT molecular complexity index is 259. The van der Waals surface area contributed by atoms with Crippen LogP contribution in [-0.4, -0.2) is 11.6 Å². The lowest BCUT2D eigenvalue weighted by molar-refractivity contribution is -0.127. The molecule has 0 amide bonds. The summed E-state index contributed by atoms with van der Waals surface area (Å²) in [6, 6.07) is 0. The molecule has 1 rings (SSSR count). The van der Waals surface area contributed by atoms with E-state index in [-0.39, 0.29) is 11.6 Å². The molecule has 1 aliphatic rings. The zero-order chi connectivity index (χ0) is 8.43. The molecule has 0 heterocycles. The quantitative estimate of drug-likeness (QED) is 0.527. The Morgan fingerprint density at radius 2 is 2.09 bits per heavy atom. The fraction of sp³-hybridized carbons (Fsp3) is 0.333. The summed E-state index contributed by atoms with van der Waals surface area (Å²) in [7, 11) is 0. The highest BCUT2D eigenvalue weighted by Gasteiger charge is 2.20. The number of rotatable bonds is 1. The minimum Gasteiger partial charge on any atom is -0.299 e. The molecule has 0 aromatic heterocycles. The van der Waals surface area contributed by atoms with Crippen LogP contribution >= 0.6 is 0 Å². The van der Waals surface area contributed by atoms with E-state index in [0.29, 0.717) is 0 Å². The minimum atomic E-state index is -0.528. The lowest BCUT2D eigenvalue weighted by atomic mass is 9.93. The second kappa shape index (κ2) is 2.82. The molecule has 11 heavy (non-hydrogen) atoms. The molecule has 0 saturated heterocycles. The second-order valence-electron chi connectivity index (χ2n) is 2.73. The summed E-state index contributed by atoms with van der Waals surface area (Å²) in [4.78, 5) is 21.9. The number of carbonyl (C=O) groups excluding carboxylic acids is 2. The van der Waals surface area contributed by atoms with Gasteiger partial charge in [0, 0.05) is 0 Å². The Kier molecular flexibility index (Phi) is 2.03. The summed E-state index contributed by atoms with van der Waals surface area (Å²) in [5.74, 6) is -0.721. The summed E-state index contributed by atoms with van der Waals surface area (Å²) >= 11 is 0. The maximum Gasteiger partial charge on any atom is 0.169 e. The third kappa shape index (κ3) is 1.64. The Morgan fingerprint density at radius 3 is 2.55 bits per heavy atom. The summed E-state index contributed by atoms with van der Waals surface area (Å²) < 4.78 is 0. The van der Waals surface area contributed by atoms with Gasteiger partial charge in [-0.25, -0.2) is 0 Å². The van der Waals surface area contributed by atoms with Crippen molar-refractivity contribution in [2.45, 2.75) is 13.8 Å². The Morgan fingerprint density at radius 1 is 1.45 bits per heavy atom. The molecule has 0 N–H and O–H groups in total. The van der Waals surface area contributed by atoms with Crippen LogP contribution in [0, 0.1) is 5.92 Å². The van der Waals surface area contributed by atoms with Gasteiger partial charge in [0.15, 0.2) is 5.78 Å². The van der Waals surface area contributed by atoms with E-state index in [0.717, 1.165) is 5.57 Å². The minimum absolute atomic E-state index is 0.0845. The van der Waals surface area contributed by atoms with Crippen molar-refractivity contribution in [1.82, 2.24) is 0 Å². The Balaban J connectivity index is 2.90. The molecule has 1 atom stereocenters. The molecular formula is C9H10O2. The molecule has 2 heteroatoms. The van der Waals surface area contributed by atoms with Gasteiger partial charge in [0.2, 0.25) is 0 Å². The van der Waals surface area contributed by atoms with Crippen LogP contribution in [0.1, 0.15) is 13.8 Å². The maximum absolute atomic E-state index is 11.0. The molecule has 0 spiro atoms. The lowest BCUT2D eigenvalue weighted by Crippen LogP contribution is -2.20. The molecule has 0 aromatic carbocycles. The van der Waals surface area contributed by atoms with Gasteiger partial charge in [-0.3, -0.25) is 9.59 Å². The van der Waals surface area contributed by atoms with Crippen molar-refractivity contribution in [3.8, 4) is 0 Å². The van der Waals surface area contributed by atoms with Crippen molar-refractivity contribution in [3.05, 3.63) is 23.8 Å². The third-order valence-electron chi connectivity index (χ3n) is 1.68.